The molecule has 1 N–H and O–H groups in total. The number of fused-ring (bicyclic) bond motifs is 1. The van der Waals surface area contributed by atoms with Gasteiger partial charge in [-0.05, 0) is 43.5 Å². The van der Waals surface area contributed by atoms with Gasteiger partial charge in [-0.1, -0.05) is 50.6 Å². The first-order valence-corrected chi connectivity index (χ1v) is 11.6. The molecule has 7 nitrogen and oxygen atoms in total. The number of amides is 1. The number of carbonyl (C=O) groups is 1. The average Bonchev–Trinajstić information content (AvgIpc) is 3.51. The molecule has 166 valence electrons. The van der Waals surface area contributed by atoms with Crippen LogP contribution < -0.4 is 0 Å². The second-order valence-electron chi connectivity index (χ2n) is 8.49. The number of likely N-dealkylation sites (tertiary alicyclic amines) is 1. The van der Waals surface area contributed by atoms with E-state index < -0.39 is 6.09 Å². The van der Waals surface area contributed by atoms with E-state index >= 15 is 0 Å². The van der Waals surface area contributed by atoms with Crippen molar-refractivity contribution in [2.24, 2.45) is 0 Å². The largest absolute Gasteiger partial charge is 0.465 e. The number of nitrogens with zero attached hydrogens (tertiary/aromatic N) is 4. The summed E-state index contributed by atoms with van der Waals surface area (Å²) in [7, 11) is 0. The van der Waals surface area contributed by atoms with Gasteiger partial charge in [-0.25, -0.2) is 4.79 Å². The van der Waals surface area contributed by atoms with Crippen molar-refractivity contribution in [2.75, 3.05) is 6.54 Å². The topological polar surface area (TPSA) is 84.4 Å². The molecule has 0 radical (unpaired) electrons. The maximum absolute atomic E-state index is 11.4. The minimum atomic E-state index is -0.939. The molecule has 1 aliphatic heterocycles. The fourth-order valence-corrected chi connectivity index (χ4v) is 4.51. The first-order chi connectivity index (χ1) is 15.2. The average molecular weight is 425 g/mol. The number of unbranched alkanes of at least 4 members (excludes halogenated alkanes) is 6. The van der Waals surface area contributed by atoms with Gasteiger partial charge in [-0.2, -0.15) is 4.98 Å². The molecule has 0 spiro atoms. The number of hydrogen-bond acceptors (Lipinski definition) is 4. The highest BCUT2D eigenvalue weighted by molar-refractivity contribution is 5.84. The van der Waals surface area contributed by atoms with Crippen molar-refractivity contribution < 1.29 is 14.4 Å². The predicted octanol–water partition coefficient (Wildman–Crippen LogP) is 6.26. The second-order valence-corrected chi connectivity index (χ2v) is 8.49. The minimum absolute atomic E-state index is 0.342. The summed E-state index contributed by atoms with van der Waals surface area (Å²) in [5, 5.41) is 14.6. The maximum Gasteiger partial charge on any atom is 0.407 e. The number of aryl methyl sites for hydroxylation is 1. The number of hydrogen-bond donors (Lipinski definition) is 1. The summed E-state index contributed by atoms with van der Waals surface area (Å²) < 4.78 is 7.75. The van der Waals surface area contributed by atoms with Crippen molar-refractivity contribution in [3.05, 3.63) is 36.4 Å². The first kappa shape index (κ1) is 21.4. The Morgan fingerprint density at radius 1 is 1.16 bits per heavy atom. The van der Waals surface area contributed by atoms with Crippen LogP contribution in [-0.2, 0) is 6.54 Å². The van der Waals surface area contributed by atoms with Crippen molar-refractivity contribution >= 4 is 17.0 Å². The smallest absolute Gasteiger partial charge is 0.407 e. The van der Waals surface area contributed by atoms with Crippen LogP contribution in [0.15, 0.2) is 35.0 Å². The summed E-state index contributed by atoms with van der Waals surface area (Å²) in [5.74, 6) is 0.889. The van der Waals surface area contributed by atoms with Crippen molar-refractivity contribution in [3.63, 3.8) is 0 Å². The van der Waals surface area contributed by atoms with Gasteiger partial charge < -0.3 is 14.2 Å². The molecule has 1 aromatic carbocycles. The molecule has 3 aromatic rings. The monoisotopic (exact) mass is 424 g/mol. The Bertz CT molecular complexity index is 1010. The molecule has 0 saturated carbocycles. The fraction of sp³-hybridized carbons (Fsp3) is 0.542. The SMILES string of the molecule is CCCCCCCCCn1ccc2cc(-c3noc([C@@H]4CCCN4C(=O)O)n3)ccc21. The number of rotatable bonds is 10. The molecule has 1 amide bonds. The molecule has 0 aliphatic carbocycles. The summed E-state index contributed by atoms with van der Waals surface area (Å²) in [6, 6.07) is 7.99. The van der Waals surface area contributed by atoms with E-state index in [0.717, 1.165) is 23.9 Å². The molecule has 0 unspecified atom stereocenters. The summed E-state index contributed by atoms with van der Waals surface area (Å²) in [4.78, 5) is 17.3. The Morgan fingerprint density at radius 3 is 2.77 bits per heavy atom. The van der Waals surface area contributed by atoms with Gasteiger partial charge in [-0.15, -0.1) is 0 Å². The molecule has 3 heterocycles. The van der Waals surface area contributed by atoms with Gasteiger partial charge in [0.05, 0.1) is 0 Å². The lowest BCUT2D eigenvalue weighted by molar-refractivity contribution is 0.131. The summed E-state index contributed by atoms with van der Waals surface area (Å²) >= 11 is 0. The van der Waals surface area contributed by atoms with Crippen LogP contribution in [0.25, 0.3) is 22.3 Å². The lowest BCUT2D eigenvalue weighted by Crippen LogP contribution is -2.28. The van der Waals surface area contributed by atoms with E-state index in [9.17, 15) is 9.90 Å². The molecule has 31 heavy (non-hydrogen) atoms. The summed E-state index contributed by atoms with van der Waals surface area (Å²) in [5.41, 5.74) is 2.10. The van der Waals surface area contributed by atoms with E-state index in [1.807, 2.05) is 6.07 Å². The normalized spacial score (nSPS) is 16.4. The number of carboxylic acid groups (broad SMARTS) is 1. The lowest BCUT2D eigenvalue weighted by atomic mass is 10.1. The van der Waals surface area contributed by atoms with E-state index in [4.69, 9.17) is 4.52 Å². The van der Waals surface area contributed by atoms with Crippen molar-refractivity contribution in [3.8, 4) is 11.4 Å². The quantitative estimate of drug-likeness (QED) is 0.388. The van der Waals surface area contributed by atoms with Crippen LogP contribution in [0.2, 0.25) is 0 Å². The van der Waals surface area contributed by atoms with E-state index in [1.54, 1.807) is 0 Å². The third-order valence-electron chi connectivity index (χ3n) is 6.26. The number of aromatic nitrogens is 3. The Hall–Kier alpha value is -2.83. The van der Waals surface area contributed by atoms with E-state index in [1.165, 1.54) is 55.4 Å². The van der Waals surface area contributed by atoms with Crippen molar-refractivity contribution in [2.45, 2.75) is 77.3 Å². The van der Waals surface area contributed by atoms with Crippen LogP contribution in [-0.4, -0.2) is 37.4 Å². The van der Waals surface area contributed by atoms with Gasteiger partial charge in [0.2, 0.25) is 11.7 Å². The van der Waals surface area contributed by atoms with Crippen LogP contribution in [0.5, 0.6) is 0 Å². The summed E-state index contributed by atoms with van der Waals surface area (Å²) in [6.07, 6.45) is 11.9. The van der Waals surface area contributed by atoms with Crippen molar-refractivity contribution in [1.29, 1.82) is 0 Å². The third kappa shape index (κ3) is 4.92. The molecular weight excluding hydrogens is 392 g/mol. The van der Waals surface area contributed by atoms with Gasteiger partial charge in [0.1, 0.15) is 6.04 Å². The standard InChI is InChI=1S/C24H32N4O3/c1-2-3-4-5-6-7-8-14-27-16-13-18-17-19(11-12-20(18)27)22-25-23(31-26-22)21-10-9-15-28(21)24(29)30/h11-13,16-17,21H,2-10,14-15H2,1H3,(H,29,30)/t21-/m0/s1. The zero-order valence-corrected chi connectivity index (χ0v) is 18.3. The predicted molar refractivity (Wildman–Crippen MR) is 120 cm³/mol. The van der Waals surface area contributed by atoms with Crippen LogP contribution in [0.4, 0.5) is 4.79 Å². The highest BCUT2D eigenvalue weighted by atomic mass is 16.5. The second kappa shape index (κ2) is 9.98. The zero-order chi connectivity index (χ0) is 21.6. The highest BCUT2D eigenvalue weighted by Crippen LogP contribution is 2.32. The molecule has 1 saturated heterocycles. The molecule has 1 atom stereocenters. The Balaban J connectivity index is 1.39. The van der Waals surface area contributed by atoms with Gasteiger partial charge in [-0.3, -0.25) is 4.90 Å². The van der Waals surface area contributed by atoms with Crippen LogP contribution >= 0.6 is 0 Å². The lowest BCUT2D eigenvalue weighted by Gasteiger charge is -2.17. The van der Waals surface area contributed by atoms with Crippen LogP contribution in [0.3, 0.4) is 0 Å². The molecule has 1 aliphatic rings. The molecule has 1 fully saturated rings. The van der Waals surface area contributed by atoms with Gasteiger partial charge >= 0.3 is 6.09 Å². The van der Waals surface area contributed by atoms with Crippen molar-refractivity contribution in [1.82, 2.24) is 19.6 Å². The maximum atomic E-state index is 11.4. The molecule has 4 rings (SSSR count). The highest BCUT2D eigenvalue weighted by Gasteiger charge is 2.34. The minimum Gasteiger partial charge on any atom is -0.465 e. The molecular formula is C24H32N4O3. The molecule has 0 bridgehead atoms. The van der Waals surface area contributed by atoms with Gasteiger partial charge in [0.15, 0.2) is 0 Å². The van der Waals surface area contributed by atoms with Gasteiger partial charge in [0.25, 0.3) is 0 Å². The van der Waals surface area contributed by atoms with E-state index in [-0.39, 0.29) is 6.04 Å². The Labute approximate surface area is 183 Å². The Morgan fingerprint density at radius 2 is 1.97 bits per heavy atom. The van der Waals surface area contributed by atoms with Gasteiger partial charge in [0, 0.05) is 35.8 Å². The molecule has 7 heteroatoms. The van der Waals surface area contributed by atoms with Crippen LogP contribution in [0.1, 0.15) is 76.6 Å². The van der Waals surface area contributed by atoms with Crippen LogP contribution in [0, 0.1) is 0 Å². The molecule has 2 aromatic heterocycles. The first-order valence-electron chi connectivity index (χ1n) is 11.6. The van der Waals surface area contributed by atoms with E-state index in [0.29, 0.717) is 24.7 Å². The third-order valence-corrected chi connectivity index (χ3v) is 6.26. The number of benzene rings is 1. The van der Waals surface area contributed by atoms with E-state index in [2.05, 4.69) is 46.0 Å². The Kier molecular flexibility index (Phi) is 6.89. The zero-order valence-electron chi connectivity index (χ0n) is 18.3. The fourth-order valence-electron chi connectivity index (χ4n) is 4.51. The summed E-state index contributed by atoms with van der Waals surface area (Å²) in [6.45, 7) is 3.80.